The van der Waals surface area contributed by atoms with E-state index in [1.165, 1.54) is 0 Å². The summed E-state index contributed by atoms with van der Waals surface area (Å²) in [4.78, 5) is 13.2. The molecule has 0 saturated heterocycles. The highest BCUT2D eigenvalue weighted by Gasteiger charge is 2.54. The summed E-state index contributed by atoms with van der Waals surface area (Å²) in [5, 5.41) is 6.80. The fraction of sp³-hybridized carbons (Fsp3) is 0.714. The lowest BCUT2D eigenvalue weighted by atomic mass is 10.2. The Hall–Kier alpha value is -1.10. The van der Waals surface area contributed by atoms with Crippen LogP contribution in [0.2, 0.25) is 0 Å². The Bertz CT molecular complexity index is 338. The number of aromatic nitrogens is 2. The maximum atomic E-state index is 10.7. The van der Waals surface area contributed by atoms with Crippen molar-refractivity contribution in [2.24, 2.45) is 5.92 Å². The largest absolute Gasteiger partial charge is 0.438 e. The van der Waals surface area contributed by atoms with Crippen molar-refractivity contribution in [2.75, 3.05) is 7.05 Å². The number of hydrogen-bond donors (Lipinski definition) is 2. The highest BCUT2D eigenvalue weighted by atomic mass is 16.5. The monoisotopic (exact) mass is 169 g/mol. The van der Waals surface area contributed by atoms with E-state index in [1.807, 2.05) is 7.05 Å². The Labute approximate surface area is 69.1 Å². The van der Waals surface area contributed by atoms with Gasteiger partial charge in [-0.25, -0.2) is 4.79 Å². The van der Waals surface area contributed by atoms with Crippen LogP contribution < -0.4 is 11.1 Å². The van der Waals surface area contributed by atoms with Crippen LogP contribution in [0, 0.1) is 5.92 Å². The third kappa shape index (κ3) is 0.828. The summed E-state index contributed by atoms with van der Waals surface area (Å²) in [6, 6.07) is 0. The minimum atomic E-state index is -0.487. The summed E-state index contributed by atoms with van der Waals surface area (Å²) in [5.74, 6) is 0.629. The number of nitrogens with zero attached hydrogens (tertiary/aromatic N) is 1. The molecule has 1 fully saturated rings. The molecule has 0 aromatic carbocycles. The molecule has 1 aromatic rings. The second-order valence-electron chi connectivity index (χ2n) is 3.27. The van der Waals surface area contributed by atoms with Gasteiger partial charge in [-0.15, -0.1) is 0 Å². The van der Waals surface area contributed by atoms with Crippen molar-refractivity contribution in [3.05, 3.63) is 16.4 Å². The predicted octanol–water partition coefficient (Wildman–Crippen LogP) is -0.183. The molecule has 0 spiro atoms. The minimum Gasteiger partial charge on any atom is -0.308 e. The highest BCUT2D eigenvalue weighted by molar-refractivity contribution is 5.17. The van der Waals surface area contributed by atoms with Crippen LogP contribution in [-0.2, 0) is 5.54 Å². The zero-order valence-corrected chi connectivity index (χ0v) is 7.05. The molecule has 5 nitrogen and oxygen atoms in total. The summed E-state index contributed by atoms with van der Waals surface area (Å²) in [5.41, 5.74) is -0.147. The van der Waals surface area contributed by atoms with E-state index in [4.69, 9.17) is 0 Å². The number of rotatable bonds is 2. The summed E-state index contributed by atoms with van der Waals surface area (Å²) < 4.78 is 4.44. The van der Waals surface area contributed by atoms with Crippen LogP contribution in [0.25, 0.3) is 0 Å². The molecule has 1 aliphatic carbocycles. The molecule has 1 aromatic heterocycles. The van der Waals surface area contributed by atoms with Gasteiger partial charge in [0.15, 0.2) is 5.82 Å². The SMILES string of the molecule is CNC1(c2noc(=O)[nH]2)CC1C. The average molecular weight is 169 g/mol. The van der Waals surface area contributed by atoms with Gasteiger partial charge in [-0.1, -0.05) is 12.1 Å². The lowest BCUT2D eigenvalue weighted by Gasteiger charge is -2.09. The third-order valence-electron chi connectivity index (χ3n) is 2.62. The van der Waals surface area contributed by atoms with Crippen LogP contribution in [-0.4, -0.2) is 17.2 Å². The van der Waals surface area contributed by atoms with E-state index in [2.05, 4.69) is 26.9 Å². The molecule has 1 saturated carbocycles. The maximum absolute atomic E-state index is 10.7. The predicted molar refractivity (Wildman–Crippen MR) is 41.6 cm³/mol. The molecule has 12 heavy (non-hydrogen) atoms. The molecule has 66 valence electrons. The first kappa shape index (κ1) is 7.54. The van der Waals surface area contributed by atoms with Crippen LogP contribution in [0.15, 0.2) is 9.32 Å². The van der Waals surface area contributed by atoms with Gasteiger partial charge in [-0.3, -0.25) is 9.51 Å². The second kappa shape index (κ2) is 2.20. The van der Waals surface area contributed by atoms with E-state index < -0.39 is 5.76 Å². The van der Waals surface area contributed by atoms with Gasteiger partial charge in [0.2, 0.25) is 0 Å². The maximum Gasteiger partial charge on any atom is 0.438 e. The summed E-state index contributed by atoms with van der Waals surface area (Å²) in [7, 11) is 1.86. The van der Waals surface area contributed by atoms with Crippen molar-refractivity contribution >= 4 is 0 Å². The Morgan fingerprint density at radius 3 is 2.83 bits per heavy atom. The zero-order chi connectivity index (χ0) is 8.77. The van der Waals surface area contributed by atoms with Gasteiger partial charge in [0.25, 0.3) is 0 Å². The smallest absolute Gasteiger partial charge is 0.308 e. The van der Waals surface area contributed by atoms with Crippen molar-refractivity contribution in [1.82, 2.24) is 15.5 Å². The number of nitrogens with one attached hydrogen (secondary N) is 2. The van der Waals surface area contributed by atoms with E-state index in [-0.39, 0.29) is 5.54 Å². The molecule has 0 bridgehead atoms. The van der Waals surface area contributed by atoms with Crippen molar-refractivity contribution in [2.45, 2.75) is 18.9 Å². The molecule has 2 unspecified atom stereocenters. The van der Waals surface area contributed by atoms with Gasteiger partial charge in [0, 0.05) is 0 Å². The van der Waals surface area contributed by atoms with Crippen LogP contribution in [0.1, 0.15) is 19.2 Å². The van der Waals surface area contributed by atoms with Crippen LogP contribution in [0.3, 0.4) is 0 Å². The van der Waals surface area contributed by atoms with Gasteiger partial charge in [-0.2, -0.15) is 0 Å². The summed E-state index contributed by atoms with van der Waals surface area (Å²) in [6.07, 6.45) is 0.992. The summed E-state index contributed by atoms with van der Waals surface area (Å²) in [6.45, 7) is 2.10. The lowest BCUT2D eigenvalue weighted by molar-refractivity contribution is 0.368. The third-order valence-corrected chi connectivity index (χ3v) is 2.62. The Morgan fingerprint density at radius 2 is 2.50 bits per heavy atom. The zero-order valence-electron chi connectivity index (χ0n) is 7.05. The van der Waals surface area contributed by atoms with Crippen molar-refractivity contribution < 1.29 is 4.52 Å². The standard InChI is InChI=1S/C7H11N3O2/c1-4-3-7(4,8-2)5-9-6(11)12-10-5/h4,8H,3H2,1-2H3,(H,9,10,11). The van der Waals surface area contributed by atoms with Gasteiger partial charge in [-0.05, 0) is 19.4 Å². The number of aromatic amines is 1. The van der Waals surface area contributed by atoms with Crippen molar-refractivity contribution in [3.8, 4) is 0 Å². The van der Waals surface area contributed by atoms with E-state index in [0.29, 0.717) is 11.7 Å². The molecule has 0 aliphatic heterocycles. The molecule has 0 radical (unpaired) electrons. The van der Waals surface area contributed by atoms with E-state index in [1.54, 1.807) is 0 Å². The van der Waals surface area contributed by atoms with Crippen LogP contribution >= 0.6 is 0 Å². The highest BCUT2D eigenvalue weighted by Crippen LogP contribution is 2.49. The molecule has 5 heteroatoms. The molecular formula is C7H11N3O2. The molecule has 2 rings (SSSR count). The molecule has 1 aliphatic rings. The van der Waals surface area contributed by atoms with E-state index >= 15 is 0 Å². The lowest BCUT2D eigenvalue weighted by Crippen LogP contribution is -2.28. The second-order valence-corrected chi connectivity index (χ2v) is 3.27. The van der Waals surface area contributed by atoms with Gasteiger partial charge in [0.1, 0.15) is 0 Å². The van der Waals surface area contributed by atoms with Gasteiger partial charge in [0.05, 0.1) is 5.54 Å². The first-order valence-electron chi connectivity index (χ1n) is 3.94. The van der Waals surface area contributed by atoms with Crippen molar-refractivity contribution in [1.29, 1.82) is 0 Å². The van der Waals surface area contributed by atoms with E-state index in [0.717, 1.165) is 6.42 Å². The topological polar surface area (TPSA) is 70.9 Å². The number of hydrogen-bond acceptors (Lipinski definition) is 4. The molecule has 2 atom stereocenters. The normalized spacial score (nSPS) is 33.7. The number of H-pyrrole nitrogens is 1. The Balaban J connectivity index is 2.36. The minimum absolute atomic E-state index is 0.147. The fourth-order valence-corrected chi connectivity index (χ4v) is 1.64. The molecule has 0 amide bonds. The van der Waals surface area contributed by atoms with Gasteiger partial charge >= 0.3 is 5.76 Å². The fourth-order valence-electron chi connectivity index (χ4n) is 1.64. The molecular weight excluding hydrogens is 158 g/mol. The first-order chi connectivity index (χ1) is 5.69. The van der Waals surface area contributed by atoms with Crippen LogP contribution in [0.5, 0.6) is 0 Å². The van der Waals surface area contributed by atoms with Crippen LogP contribution in [0.4, 0.5) is 0 Å². The molecule has 2 N–H and O–H groups in total. The van der Waals surface area contributed by atoms with Crippen molar-refractivity contribution in [3.63, 3.8) is 0 Å². The molecule has 1 heterocycles. The Morgan fingerprint density at radius 1 is 1.83 bits per heavy atom. The van der Waals surface area contributed by atoms with E-state index in [9.17, 15) is 4.79 Å². The van der Waals surface area contributed by atoms with Gasteiger partial charge < -0.3 is 5.32 Å². The average Bonchev–Trinajstić information content (AvgIpc) is 2.50. The Kier molecular flexibility index (Phi) is 1.38. The quantitative estimate of drug-likeness (QED) is 0.644. The first-order valence-corrected chi connectivity index (χ1v) is 3.94. The summed E-state index contributed by atoms with van der Waals surface area (Å²) >= 11 is 0.